The standard InChI is InChI=1S/C25H35N3O5S/c1-5-26-25(30)20(2)27(18-16-21-11-7-6-8-12-21)24(29)15-10-17-28(34(4,31)32)22-13-9-14-23(19-22)33-3/h6-9,11-14,19-20H,5,10,15-18H2,1-4H3,(H,26,30). The molecular formula is C25H35N3O5S. The Bertz CT molecular complexity index is 1040. The molecule has 2 aromatic rings. The van der Waals surface area contributed by atoms with Crippen molar-refractivity contribution >= 4 is 27.5 Å². The van der Waals surface area contributed by atoms with E-state index in [2.05, 4.69) is 5.32 Å². The van der Waals surface area contributed by atoms with E-state index >= 15 is 0 Å². The second-order valence-corrected chi connectivity index (χ2v) is 9.94. The van der Waals surface area contributed by atoms with Crippen LogP contribution in [0.5, 0.6) is 5.75 Å². The molecule has 1 N–H and O–H groups in total. The SMILES string of the molecule is CCNC(=O)C(C)N(CCc1ccccc1)C(=O)CCCN(c1cccc(OC)c1)S(C)(=O)=O. The number of anilines is 1. The van der Waals surface area contributed by atoms with Gasteiger partial charge in [-0.3, -0.25) is 13.9 Å². The van der Waals surface area contributed by atoms with E-state index < -0.39 is 16.1 Å². The molecule has 0 spiro atoms. The molecule has 2 amide bonds. The van der Waals surface area contributed by atoms with Crippen molar-refractivity contribution in [3.05, 3.63) is 60.2 Å². The largest absolute Gasteiger partial charge is 0.497 e. The molecule has 1 unspecified atom stereocenters. The van der Waals surface area contributed by atoms with Crippen LogP contribution in [-0.4, -0.2) is 64.2 Å². The molecule has 0 saturated heterocycles. The third kappa shape index (κ3) is 8.06. The van der Waals surface area contributed by atoms with Crippen LogP contribution in [0.25, 0.3) is 0 Å². The number of likely N-dealkylation sites (N-methyl/N-ethyl adjacent to an activating group) is 1. The van der Waals surface area contributed by atoms with E-state index in [0.29, 0.717) is 37.4 Å². The average Bonchev–Trinajstić information content (AvgIpc) is 2.81. The minimum Gasteiger partial charge on any atom is -0.497 e. The van der Waals surface area contributed by atoms with Crippen LogP contribution in [0.1, 0.15) is 32.3 Å². The summed E-state index contributed by atoms with van der Waals surface area (Å²) in [6, 6.07) is 15.9. The van der Waals surface area contributed by atoms with Crippen molar-refractivity contribution in [1.29, 1.82) is 0 Å². The summed E-state index contributed by atoms with van der Waals surface area (Å²) in [5.74, 6) is 0.150. The summed E-state index contributed by atoms with van der Waals surface area (Å²) in [6.45, 7) is 4.56. The maximum atomic E-state index is 13.1. The number of carbonyl (C=O) groups excluding carboxylic acids is 2. The number of sulfonamides is 1. The van der Waals surface area contributed by atoms with Crippen molar-refractivity contribution < 1.29 is 22.7 Å². The van der Waals surface area contributed by atoms with Crippen LogP contribution in [0.4, 0.5) is 5.69 Å². The number of amides is 2. The van der Waals surface area contributed by atoms with Crippen LogP contribution >= 0.6 is 0 Å². The van der Waals surface area contributed by atoms with Crippen LogP contribution < -0.4 is 14.4 Å². The molecule has 186 valence electrons. The molecule has 0 aliphatic heterocycles. The zero-order valence-corrected chi connectivity index (χ0v) is 21.2. The number of ether oxygens (including phenoxy) is 1. The van der Waals surface area contributed by atoms with Crippen molar-refractivity contribution in [2.45, 2.75) is 39.2 Å². The Labute approximate surface area is 202 Å². The fourth-order valence-electron chi connectivity index (χ4n) is 3.66. The highest BCUT2D eigenvalue weighted by molar-refractivity contribution is 7.92. The highest BCUT2D eigenvalue weighted by atomic mass is 32.2. The molecule has 8 nitrogen and oxygen atoms in total. The van der Waals surface area contributed by atoms with Crippen LogP contribution in [0.3, 0.4) is 0 Å². The van der Waals surface area contributed by atoms with Gasteiger partial charge in [-0.25, -0.2) is 8.42 Å². The predicted octanol–water partition coefficient (Wildman–Crippen LogP) is 2.84. The molecule has 1 atom stereocenters. The summed E-state index contributed by atoms with van der Waals surface area (Å²) >= 11 is 0. The van der Waals surface area contributed by atoms with Gasteiger partial charge in [0.25, 0.3) is 0 Å². The zero-order valence-electron chi connectivity index (χ0n) is 20.4. The van der Waals surface area contributed by atoms with Gasteiger partial charge in [0.05, 0.1) is 19.1 Å². The topological polar surface area (TPSA) is 96.0 Å². The third-order valence-electron chi connectivity index (χ3n) is 5.50. The Morgan fingerprint density at radius 3 is 2.38 bits per heavy atom. The Morgan fingerprint density at radius 2 is 1.76 bits per heavy atom. The summed E-state index contributed by atoms with van der Waals surface area (Å²) < 4.78 is 31.3. The zero-order chi connectivity index (χ0) is 25.1. The molecule has 2 rings (SSSR count). The van der Waals surface area contributed by atoms with Gasteiger partial charge >= 0.3 is 0 Å². The fourth-order valence-corrected chi connectivity index (χ4v) is 4.62. The van der Waals surface area contributed by atoms with Gasteiger partial charge in [0, 0.05) is 32.1 Å². The number of nitrogens with one attached hydrogen (secondary N) is 1. The predicted molar refractivity (Wildman–Crippen MR) is 134 cm³/mol. The van der Waals surface area contributed by atoms with Crippen molar-refractivity contribution in [3.63, 3.8) is 0 Å². The fraction of sp³-hybridized carbons (Fsp3) is 0.440. The van der Waals surface area contributed by atoms with Crippen molar-refractivity contribution in [2.75, 3.05) is 37.3 Å². The lowest BCUT2D eigenvalue weighted by Gasteiger charge is -2.29. The van der Waals surface area contributed by atoms with Gasteiger partial charge < -0.3 is 15.0 Å². The maximum absolute atomic E-state index is 13.1. The molecule has 2 aromatic carbocycles. The van der Waals surface area contributed by atoms with E-state index in [0.717, 1.165) is 11.8 Å². The Hall–Kier alpha value is -3.07. The lowest BCUT2D eigenvalue weighted by molar-refractivity contribution is -0.139. The van der Waals surface area contributed by atoms with Crippen molar-refractivity contribution in [3.8, 4) is 5.75 Å². The Morgan fingerprint density at radius 1 is 1.06 bits per heavy atom. The Kier molecular flexibility index (Phi) is 10.4. The van der Waals surface area contributed by atoms with Crippen LogP contribution in [0, 0.1) is 0 Å². The van der Waals surface area contributed by atoms with Gasteiger partial charge in [0.1, 0.15) is 11.8 Å². The summed E-state index contributed by atoms with van der Waals surface area (Å²) in [6.07, 6.45) is 2.19. The van der Waals surface area contributed by atoms with Gasteiger partial charge in [-0.05, 0) is 44.4 Å². The lowest BCUT2D eigenvalue weighted by atomic mass is 10.1. The average molecular weight is 490 g/mol. The molecule has 0 saturated carbocycles. The minimum atomic E-state index is -3.56. The number of hydrogen-bond acceptors (Lipinski definition) is 5. The number of rotatable bonds is 13. The number of methoxy groups -OCH3 is 1. The van der Waals surface area contributed by atoms with E-state index in [1.54, 1.807) is 36.1 Å². The first kappa shape index (κ1) is 27.2. The number of benzene rings is 2. The molecule has 9 heteroatoms. The van der Waals surface area contributed by atoms with Gasteiger partial charge in [0.15, 0.2) is 0 Å². The molecule has 0 bridgehead atoms. The number of carbonyl (C=O) groups is 2. The molecule has 0 radical (unpaired) electrons. The van der Waals surface area contributed by atoms with Crippen LogP contribution in [0.15, 0.2) is 54.6 Å². The maximum Gasteiger partial charge on any atom is 0.242 e. The molecule has 34 heavy (non-hydrogen) atoms. The summed E-state index contributed by atoms with van der Waals surface area (Å²) in [5.41, 5.74) is 1.55. The van der Waals surface area contributed by atoms with Gasteiger partial charge in [-0.2, -0.15) is 0 Å². The van der Waals surface area contributed by atoms with E-state index in [1.807, 2.05) is 37.3 Å². The first-order chi connectivity index (χ1) is 16.2. The van der Waals surface area contributed by atoms with Crippen molar-refractivity contribution in [1.82, 2.24) is 10.2 Å². The van der Waals surface area contributed by atoms with Crippen LogP contribution in [-0.2, 0) is 26.0 Å². The second-order valence-electron chi connectivity index (χ2n) is 8.03. The first-order valence-corrected chi connectivity index (χ1v) is 13.2. The van der Waals surface area contributed by atoms with E-state index in [4.69, 9.17) is 4.74 Å². The Balaban J connectivity index is 2.10. The van der Waals surface area contributed by atoms with Gasteiger partial charge in [-0.1, -0.05) is 36.4 Å². The first-order valence-electron chi connectivity index (χ1n) is 11.4. The highest BCUT2D eigenvalue weighted by Gasteiger charge is 2.26. The monoisotopic (exact) mass is 489 g/mol. The van der Waals surface area contributed by atoms with E-state index in [9.17, 15) is 18.0 Å². The minimum absolute atomic E-state index is 0.120. The summed E-state index contributed by atoms with van der Waals surface area (Å²) in [7, 11) is -2.04. The number of nitrogens with zero attached hydrogens (tertiary/aromatic N) is 2. The smallest absolute Gasteiger partial charge is 0.242 e. The lowest BCUT2D eigenvalue weighted by Crippen LogP contribution is -2.48. The molecule has 0 aromatic heterocycles. The summed E-state index contributed by atoms with van der Waals surface area (Å²) in [4.78, 5) is 27.2. The molecule has 0 heterocycles. The number of hydrogen-bond donors (Lipinski definition) is 1. The van der Waals surface area contributed by atoms with Crippen molar-refractivity contribution in [2.24, 2.45) is 0 Å². The molecule has 0 aliphatic rings. The third-order valence-corrected chi connectivity index (χ3v) is 6.69. The van der Waals surface area contributed by atoms with Crippen LogP contribution in [0.2, 0.25) is 0 Å². The second kappa shape index (κ2) is 13.0. The quantitative estimate of drug-likeness (QED) is 0.467. The highest BCUT2D eigenvalue weighted by Crippen LogP contribution is 2.23. The van der Waals surface area contributed by atoms with Gasteiger partial charge in [-0.15, -0.1) is 0 Å². The summed E-state index contributed by atoms with van der Waals surface area (Å²) in [5, 5.41) is 2.77. The van der Waals surface area contributed by atoms with E-state index in [-0.39, 0.29) is 24.8 Å². The molecule has 0 fully saturated rings. The van der Waals surface area contributed by atoms with E-state index in [1.165, 1.54) is 11.4 Å². The molecular weight excluding hydrogens is 454 g/mol. The normalized spacial score (nSPS) is 12.0. The van der Waals surface area contributed by atoms with Gasteiger partial charge in [0.2, 0.25) is 21.8 Å². The molecule has 0 aliphatic carbocycles.